The number of carboxylic acid groups (broad SMARTS) is 2. The first kappa shape index (κ1) is 23.8. The van der Waals surface area contributed by atoms with Gasteiger partial charge in [-0.3, -0.25) is 19.7 Å². The Kier molecular flexibility index (Phi) is 10.6. The molecule has 8 N–H and O–H groups in total. The van der Waals surface area contributed by atoms with Crippen molar-refractivity contribution in [2.24, 2.45) is 11.5 Å². The fourth-order valence-corrected chi connectivity index (χ4v) is 2.07. The van der Waals surface area contributed by atoms with Gasteiger partial charge in [0.2, 0.25) is 5.91 Å². The first-order chi connectivity index (χ1) is 13.8. The van der Waals surface area contributed by atoms with Crippen LogP contribution in [0.3, 0.4) is 0 Å². The number of carbonyl (C=O) groups is 3. The van der Waals surface area contributed by atoms with E-state index in [1.165, 1.54) is 6.33 Å². The van der Waals surface area contributed by atoms with Crippen LogP contribution in [0.1, 0.15) is 17.7 Å². The Bertz CT molecular complexity index is 753. The van der Waals surface area contributed by atoms with Crippen molar-refractivity contribution in [3.8, 4) is 0 Å². The summed E-state index contributed by atoms with van der Waals surface area (Å²) in [6.45, 7) is 0.413. The van der Waals surface area contributed by atoms with Crippen LogP contribution in [-0.2, 0) is 32.1 Å². The second kappa shape index (κ2) is 13.0. The summed E-state index contributed by atoms with van der Waals surface area (Å²) < 4.78 is 5.26. The topological polar surface area (TPSA) is 194 Å². The zero-order valence-corrected chi connectivity index (χ0v) is 15.7. The van der Waals surface area contributed by atoms with Gasteiger partial charge in [0.1, 0.15) is 12.1 Å². The van der Waals surface area contributed by atoms with Crippen molar-refractivity contribution in [2.75, 3.05) is 6.73 Å². The summed E-state index contributed by atoms with van der Waals surface area (Å²) >= 11 is 0. The molecule has 29 heavy (non-hydrogen) atoms. The molecule has 0 aliphatic carbocycles. The van der Waals surface area contributed by atoms with Crippen molar-refractivity contribution < 1.29 is 29.3 Å². The molecule has 1 aromatic heterocycles. The minimum absolute atomic E-state index is 0.0408. The van der Waals surface area contributed by atoms with Crippen LogP contribution < -0.4 is 16.8 Å². The second-order valence-corrected chi connectivity index (χ2v) is 5.97. The third-order valence-electron chi connectivity index (χ3n) is 3.56. The average molecular weight is 407 g/mol. The summed E-state index contributed by atoms with van der Waals surface area (Å²) in [7, 11) is 0. The number of nitrogens with one attached hydrogen (secondary N) is 2. The number of imidazole rings is 1. The number of benzene rings is 1. The summed E-state index contributed by atoms with van der Waals surface area (Å²) in [5.74, 6) is -2.80. The molecule has 11 heteroatoms. The molecule has 0 fully saturated rings. The van der Waals surface area contributed by atoms with Crippen LogP contribution in [0.15, 0.2) is 42.9 Å². The summed E-state index contributed by atoms with van der Waals surface area (Å²) in [5.41, 5.74) is 11.9. The molecular weight excluding hydrogens is 382 g/mol. The summed E-state index contributed by atoms with van der Waals surface area (Å²) in [5, 5.41) is 19.8. The quantitative estimate of drug-likeness (QED) is 0.209. The van der Waals surface area contributed by atoms with Crippen molar-refractivity contribution in [2.45, 2.75) is 31.5 Å². The van der Waals surface area contributed by atoms with Crippen LogP contribution >= 0.6 is 0 Å². The molecule has 0 spiro atoms. The Morgan fingerprint density at radius 3 is 2.38 bits per heavy atom. The van der Waals surface area contributed by atoms with Crippen LogP contribution in [0.5, 0.6) is 0 Å². The van der Waals surface area contributed by atoms with Gasteiger partial charge in [0.15, 0.2) is 0 Å². The van der Waals surface area contributed by atoms with Gasteiger partial charge in [0.25, 0.3) is 0 Å². The summed E-state index contributed by atoms with van der Waals surface area (Å²) in [6.07, 6.45) is 3.08. The van der Waals surface area contributed by atoms with Crippen LogP contribution in [-0.4, -0.2) is 56.8 Å². The van der Waals surface area contributed by atoms with Crippen molar-refractivity contribution in [3.05, 3.63) is 54.1 Å². The molecule has 0 saturated heterocycles. The van der Waals surface area contributed by atoms with E-state index in [2.05, 4.69) is 15.3 Å². The van der Waals surface area contributed by atoms with Crippen LogP contribution in [0.25, 0.3) is 0 Å². The fraction of sp³-hybridized carbons (Fsp3) is 0.333. The molecule has 1 aromatic carbocycles. The molecular formula is C18H25N5O6. The van der Waals surface area contributed by atoms with Gasteiger partial charge in [0, 0.05) is 18.3 Å². The van der Waals surface area contributed by atoms with Gasteiger partial charge in [-0.15, -0.1) is 0 Å². The Hall–Kier alpha value is -3.28. The van der Waals surface area contributed by atoms with E-state index < -0.39 is 29.9 Å². The van der Waals surface area contributed by atoms with E-state index in [1.807, 2.05) is 30.3 Å². The highest BCUT2D eigenvalue weighted by atomic mass is 16.5. The number of hydrogen-bond donors (Lipinski definition) is 6. The molecule has 0 aliphatic rings. The van der Waals surface area contributed by atoms with Gasteiger partial charge in [0.05, 0.1) is 26.1 Å². The van der Waals surface area contributed by atoms with Gasteiger partial charge < -0.3 is 31.4 Å². The standard InChI is InChI=1S/C12H16N2O4.C6H9N3O2/c13-11(15)6-10(12(16)17)14-8-18-7-9-4-2-1-3-5-9;7-5(6(10)11)1-4-2-8-3-9-4/h1-5,10,14H,6-8H2,(H2,13,15)(H,16,17);2-3,5H,1,7H2,(H,8,9)(H,10,11)/t10-;5-/m00/s1. The van der Waals surface area contributed by atoms with Crippen molar-refractivity contribution in [3.63, 3.8) is 0 Å². The average Bonchev–Trinajstić information content (AvgIpc) is 3.18. The Labute approximate surface area is 167 Å². The lowest BCUT2D eigenvalue weighted by Gasteiger charge is -2.12. The number of aromatic amines is 1. The van der Waals surface area contributed by atoms with Gasteiger partial charge >= 0.3 is 11.9 Å². The lowest BCUT2D eigenvalue weighted by atomic mass is 10.2. The van der Waals surface area contributed by atoms with Crippen LogP contribution in [0.2, 0.25) is 0 Å². The molecule has 0 bridgehead atoms. The van der Waals surface area contributed by atoms with E-state index in [-0.39, 0.29) is 19.6 Å². The number of primary amides is 1. The van der Waals surface area contributed by atoms with Gasteiger partial charge in [-0.1, -0.05) is 30.3 Å². The molecule has 2 atom stereocenters. The van der Waals surface area contributed by atoms with E-state index in [1.54, 1.807) is 6.20 Å². The predicted octanol–water partition coefficient (Wildman–Crippen LogP) is -0.557. The Morgan fingerprint density at radius 1 is 1.17 bits per heavy atom. The minimum atomic E-state index is -1.13. The van der Waals surface area contributed by atoms with Crippen molar-refractivity contribution in [1.82, 2.24) is 15.3 Å². The highest BCUT2D eigenvalue weighted by Crippen LogP contribution is 2.00. The highest BCUT2D eigenvalue weighted by molar-refractivity contribution is 5.83. The van der Waals surface area contributed by atoms with Crippen LogP contribution in [0, 0.1) is 0 Å². The number of amides is 1. The maximum atomic E-state index is 10.8. The van der Waals surface area contributed by atoms with Crippen molar-refractivity contribution >= 4 is 17.8 Å². The fourth-order valence-electron chi connectivity index (χ4n) is 2.07. The van der Waals surface area contributed by atoms with E-state index in [4.69, 9.17) is 26.4 Å². The van der Waals surface area contributed by atoms with Crippen LogP contribution in [0.4, 0.5) is 0 Å². The Morgan fingerprint density at radius 2 is 1.86 bits per heavy atom. The highest BCUT2D eigenvalue weighted by Gasteiger charge is 2.18. The normalized spacial score (nSPS) is 12.3. The first-order valence-electron chi connectivity index (χ1n) is 8.61. The maximum absolute atomic E-state index is 10.8. The van der Waals surface area contributed by atoms with Gasteiger partial charge in [-0.2, -0.15) is 0 Å². The molecule has 11 nitrogen and oxygen atoms in total. The summed E-state index contributed by atoms with van der Waals surface area (Å²) in [6, 6.07) is 7.61. The number of hydrogen-bond acceptors (Lipinski definition) is 7. The largest absolute Gasteiger partial charge is 0.480 e. The number of carboxylic acids is 2. The number of aromatic nitrogens is 2. The summed E-state index contributed by atoms with van der Waals surface area (Å²) in [4.78, 5) is 38.2. The minimum Gasteiger partial charge on any atom is -0.480 e. The lowest BCUT2D eigenvalue weighted by molar-refractivity contribution is -0.142. The van der Waals surface area contributed by atoms with Gasteiger partial charge in [-0.25, -0.2) is 4.98 Å². The molecule has 2 rings (SSSR count). The number of nitrogens with two attached hydrogens (primary N) is 2. The molecule has 0 aliphatic heterocycles. The third kappa shape index (κ3) is 10.6. The second-order valence-electron chi connectivity index (χ2n) is 5.97. The molecule has 1 heterocycles. The number of ether oxygens (including phenoxy) is 1. The van der Waals surface area contributed by atoms with E-state index in [0.29, 0.717) is 6.61 Å². The zero-order chi connectivity index (χ0) is 21.6. The molecule has 0 radical (unpaired) electrons. The number of rotatable bonds is 11. The predicted molar refractivity (Wildman–Crippen MR) is 102 cm³/mol. The number of carbonyl (C=O) groups excluding carboxylic acids is 1. The van der Waals surface area contributed by atoms with Crippen molar-refractivity contribution in [1.29, 1.82) is 0 Å². The number of H-pyrrole nitrogens is 1. The SMILES string of the molecule is NC(=O)C[C@H](NCOCc1ccccc1)C(=O)O.N[C@@H](Cc1cnc[nH]1)C(=O)O. The maximum Gasteiger partial charge on any atom is 0.321 e. The molecule has 0 saturated carbocycles. The molecule has 2 aromatic rings. The lowest BCUT2D eigenvalue weighted by Crippen LogP contribution is -2.41. The number of nitrogens with zero attached hydrogens (tertiary/aromatic N) is 1. The molecule has 1 amide bonds. The molecule has 158 valence electrons. The Balaban J connectivity index is 0.000000326. The molecule has 0 unspecified atom stereocenters. The number of aliphatic carboxylic acids is 2. The smallest absolute Gasteiger partial charge is 0.321 e. The van der Waals surface area contributed by atoms with E-state index in [0.717, 1.165) is 11.3 Å². The zero-order valence-electron chi connectivity index (χ0n) is 15.7. The first-order valence-corrected chi connectivity index (χ1v) is 8.61. The van der Waals surface area contributed by atoms with E-state index in [9.17, 15) is 14.4 Å². The monoisotopic (exact) mass is 407 g/mol. The van der Waals surface area contributed by atoms with Gasteiger partial charge in [-0.05, 0) is 5.56 Å². The van der Waals surface area contributed by atoms with E-state index >= 15 is 0 Å². The third-order valence-corrected chi connectivity index (χ3v) is 3.56.